The van der Waals surface area contributed by atoms with Crippen LogP contribution in [0.1, 0.15) is 11.1 Å². The molecule has 1 N–H and O–H groups in total. The largest absolute Gasteiger partial charge is 0.378 e. The normalized spacial score (nSPS) is 10.7. The second-order valence-corrected chi connectivity index (χ2v) is 5.92. The third-order valence-corrected chi connectivity index (χ3v) is 3.81. The van der Waals surface area contributed by atoms with E-state index < -0.39 is 0 Å². The zero-order valence-electron chi connectivity index (χ0n) is 13.5. The maximum Gasteiger partial charge on any atom is 0.134 e. The molecule has 0 saturated carbocycles. The lowest BCUT2D eigenvalue weighted by molar-refractivity contribution is 1.13. The van der Waals surface area contributed by atoms with E-state index in [1.807, 2.05) is 14.1 Å². The highest BCUT2D eigenvalue weighted by Crippen LogP contribution is 2.24. The predicted octanol–water partition coefficient (Wildman–Crippen LogP) is 4.66. The van der Waals surface area contributed by atoms with Crippen LogP contribution in [0.2, 0.25) is 0 Å². The number of rotatable bonds is 3. The Morgan fingerprint density at radius 3 is 2.32 bits per heavy atom. The fourth-order valence-corrected chi connectivity index (χ4v) is 2.49. The molecule has 0 aliphatic rings. The van der Waals surface area contributed by atoms with E-state index in [0.29, 0.717) is 0 Å². The van der Waals surface area contributed by atoms with Gasteiger partial charge in [-0.2, -0.15) is 0 Å². The maximum absolute atomic E-state index is 4.77. The summed E-state index contributed by atoms with van der Waals surface area (Å²) in [5, 5.41) is 4.60. The molecule has 3 heteroatoms. The molecule has 0 fully saturated rings. The second-order valence-electron chi connectivity index (χ2n) is 5.92. The Morgan fingerprint density at radius 1 is 0.909 bits per heavy atom. The zero-order chi connectivity index (χ0) is 15.7. The fourth-order valence-electron chi connectivity index (χ4n) is 2.49. The number of hydrogen-bond acceptors (Lipinski definition) is 3. The summed E-state index contributed by atoms with van der Waals surface area (Å²) in [5.74, 6) is 0.913. The molecule has 3 nitrogen and oxygen atoms in total. The van der Waals surface area contributed by atoms with E-state index in [0.717, 1.165) is 22.6 Å². The first kappa shape index (κ1) is 14.4. The van der Waals surface area contributed by atoms with Crippen LogP contribution < -0.4 is 10.2 Å². The van der Waals surface area contributed by atoms with E-state index in [1.165, 1.54) is 16.6 Å². The van der Waals surface area contributed by atoms with Crippen molar-refractivity contribution < 1.29 is 0 Å². The van der Waals surface area contributed by atoms with Crippen LogP contribution in [0, 0.1) is 13.8 Å². The maximum atomic E-state index is 4.77. The summed E-state index contributed by atoms with van der Waals surface area (Å²) in [6.07, 6.45) is 0. The van der Waals surface area contributed by atoms with Crippen molar-refractivity contribution in [1.82, 2.24) is 4.98 Å². The number of benzene rings is 2. The van der Waals surface area contributed by atoms with Gasteiger partial charge in [-0.15, -0.1) is 0 Å². The second kappa shape index (κ2) is 5.68. The van der Waals surface area contributed by atoms with Gasteiger partial charge in [-0.1, -0.05) is 12.1 Å². The highest BCUT2D eigenvalue weighted by Gasteiger charge is 2.05. The van der Waals surface area contributed by atoms with Crippen molar-refractivity contribution in [2.45, 2.75) is 13.8 Å². The van der Waals surface area contributed by atoms with Crippen molar-refractivity contribution >= 4 is 28.1 Å². The van der Waals surface area contributed by atoms with Gasteiger partial charge in [-0.25, -0.2) is 4.98 Å². The monoisotopic (exact) mass is 291 g/mol. The van der Waals surface area contributed by atoms with Crippen LogP contribution in [0.5, 0.6) is 0 Å². The number of nitrogens with one attached hydrogen (secondary N) is 1. The van der Waals surface area contributed by atoms with Crippen molar-refractivity contribution in [1.29, 1.82) is 0 Å². The molecule has 112 valence electrons. The van der Waals surface area contributed by atoms with Crippen LogP contribution in [0.4, 0.5) is 17.2 Å². The molecule has 1 aromatic heterocycles. The molecule has 0 aliphatic carbocycles. The van der Waals surface area contributed by atoms with E-state index in [2.05, 4.69) is 72.6 Å². The molecule has 0 unspecified atom stereocenters. The molecule has 3 rings (SSSR count). The molecule has 0 atom stereocenters. The van der Waals surface area contributed by atoms with E-state index in [4.69, 9.17) is 4.98 Å². The molecule has 0 aliphatic heterocycles. The van der Waals surface area contributed by atoms with Crippen LogP contribution in [-0.4, -0.2) is 19.1 Å². The minimum absolute atomic E-state index is 0.913. The van der Waals surface area contributed by atoms with Gasteiger partial charge < -0.3 is 10.2 Å². The number of aromatic nitrogens is 1. The van der Waals surface area contributed by atoms with E-state index in [-0.39, 0.29) is 0 Å². The van der Waals surface area contributed by atoms with E-state index in [1.54, 1.807) is 0 Å². The minimum atomic E-state index is 0.913. The quantitative estimate of drug-likeness (QED) is 0.760. The molecule has 0 saturated heterocycles. The Balaban J connectivity index is 1.94. The van der Waals surface area contributed by atoms with Gasteiger partial charge in [0.2, 0.25) is 0 Å². The number of pyridine rings is 1. The average Bonchev–Trinajstić information content (AvgIpc) is 2.49. The lowest BCUT2D eigenvalue weighted by atomic mass is 10.1. The van der Waals surface area contributed by atoms with Crippen LogP contribution in [0.3, 0.4) is 0 Å². The first-order chi connectivity index (χ1) is 10.5. The van der Waals surface area contributed by atoms with Gasteiger partial charge in [0.05, 0.1) is 5.52 Å². The first-order valence-electron chi connectivity index (χ1n) is 7.45. The van der Waals surface area contributed by atoms with Gasteiger partial charge in [0, 0.05) is 30.9 Å². The third kappa shape index (κ3) is 2.89. The van der Waals surface area contributed by atoms with E-state index >= 15 is 0 Å². The number of aryl methyl sites for hydroxylation is 2. The summed E-state index contributed by atoms with van der Waals surface area (Å²) in [6.45, 7) is 4.18. The van der Waals surface area contributed by atoms with Gasteiger partial charge in [0.15, 0.2) is 0 Å². The fraction of sp³-hybridized carbons (Fsp3) is 0.211. The van der Waals surface area contributed by atoms with Gasteiger partial charge in [0.25, 0.3) is 0 Å². The highest BCUT2D eigenvalue weighted by molar-refractivity contribution is 5.83. The minimum Gasteiger partial charge on any atom is -0.378 e. The first-order valence-corrected chi connectivity index (χ1v) is 7.45. The van der Waals surface area contributed by atoms with Gasteiger partial charge in [0.1, 0.15) is 5.82 Å². The van der Waals surface area contributed by atoms with Crippen molar-refractivity contribution in [2.75, 3.05) is 24.3 Å². The molecule has 2 aromatic carbocycles. The summed E-state index contributed by atoms with van der Waals surface area (Å²) >= 11 is 0. The Hall–Kier alpha value is -2.55. The molecular formula is C19H21N3. The molecule has 1 heterocycles. The number of hydrogen-bond donors (Lipinski definition) is 1. The number of fused-ring (bicyclic) bond motifs is 1. The molecule has 3 aromatic rings. The van der Waals surface area contributed by atoms with Crippen molar-refractivity contribution in [2.24, 2.45) is 0 Å². The molecule has 0 amide bonds. The lowest BCUT2D eigenvalue weighted by Gasteiger charge is -2.14. The summed E-state index contributed by atoms with van der Waals surface area (Å²) in [5.41, 5.74) is 5.63. The van der Waals surface area contributed by atoms with Gasteiger partial charge in [-0.05, 0) is 61.4 Å². The molecule has 22 heavy (non-hydrogen) atoms. The Bertz CT molecular complexity index is 805. The lowest BCUT2D eigenvalue weighted by Crippen LogP contribution is -2.08. The number of anilines is 3. The van der Waals surface area contributed by atoms with Crippen LogP contribution in [0.15, 0.2) is 48.5 Å². The smallest absolute Gasteiger partial charge is 0.134 e. The molecule has 0 bridgehead atoms. The summed E-state index contributed by atoms with van der Waals surface area (Å²) in [4.78, 5) is 6.86. The summed E-state index contributed by atoms with van der Waals surface area (Å²) in [6, 6.07) is 16.9. The van der Waals surface area contributed by atoms with Crippen molar-refractivity contribution in [3.63, 3.8) is 0 Å². The summed E-state index contributed by atoms with van der Waals surface area (Å²) in [7, 11) is 4.08. The number of nitrogens with zero attached hydrogens (tertiary/aromatic N) is 2. The third-order valence-electron chi connectivity index (χ3n) is 3.81. The van der Waals surface area contributed by atoms with Gasteiger partial charge >= 0.3 is 0 Å². The van der Waals surface area contributed by atoms with Crippen molar-refractivity contribution in [3.05, 3.63) is 59.7 Å². The van der Waals surface area contributed by atoms with Crippen LogP contribution >= 0.6 is 0 Å². The van der Waals surface area contributed by atoms with Crippen LogP contribution in [-0.2, 0) is 0 Å². The highest BCUT2D eigenvalue weighted by atomic mass is 15.1. The Morgan fingerprint density at radius 2 is 1.64 bits per heavy atom. The molecule has 0 spiro atoms. The molecular weight excluding hydrogens is 270 g/mol. The summed E-state index contributed by atoms with van der Waals surface area (Å²) < 4.78 is 0. The van der Waals surface area contributed by atoms with Crippen LogP contribution in [0.25, 0.3) is 10.9 Å². The topological polar surface area (TPSA) is 28.2 Å². The van der Waals surface area contributed by atoms with Crippen molar-refractivity contribution in [3.8, 4) is 0 Å². The Labute approximate surface area is 131 Å². The molecule has 0 radical (unpaired) electrons. The predicted molar refractivity (Wildman–Crippen MR) is 95.3 cm³/mol. The average molecular weight is 291 g/mol. The standard InChI is InChI=1S/C19H21N3/c1-13-5-6-15-12-14(2)19(21-18(15)11-13)20-16-7-9-17(10-8-16)22(3)4/h5-12H,1-4H3,(H,20,21). The zero-order valence-corrected chi connectivity index (χ0v) is 13.5. The SMILES string of the molecule is Cc1ccc2cc(C)c(Nc3ccc(N(C)C)cc3)nc2c1. The Kier molecular flexibility index (Phi) is 3.72. The van der Waals surface area contributed by atoms with E-state index in [9.17, 15) is 0 Å². The van der Waals surface area contributed by atoms with Gasteiger partial charge in [-0.3, -0.25) is 0 Å².